The van der Waals surface area contributed by atoms with Gasteiger partial charge in [0, 0.05) is 37.8 Å². The second-order valence-corrected chi connectivity index (χ2v) is 9.28. The predicted molar refractivity (Wildman–Crippen MR) is 138 cm³/mol. The topological polar surface area (TPSA) is 182 Å². The highest BCUT2D eigenvalue weighted by molar-refractivity contribution is 7.90. The molecule has 2 heterocycles. The number of nitro benzene ring substituents is 1. The molecule has 0 amide bonds. The fraction of sp³-hybridized carbons (Fsp3) is 0.304. The monoisotopic (exact) mass is 545 g/mol. The van der Waals surface area contributed by atoms with E-state index in [4.69, 9.17) is 4.74 Å². The zero-order valence-corrected chi connectivity index (χ0v) is 21.6. The van der Waals surface area contributed by atoms with Crippen LogP contribution in [0.4, 0.5) is 17.2 Å². The highest BCUT2D eigenvalue weighted by atomic mass is 32.2. The Morgan fingerprint density at radius 2 is 1.89 bits per heavy atom. The van der Waals surface area contributed by atoms with E-state index in [1.54, 1.807) is 36.1 Å². The summed E-state index contributed by atoms with van der Waals surface area (Å²) in [7, 11) is -4.04. The molecule has 1 fully saturated rings. The molecule has 0 radical (unpaired) electrons. The highest BCUT2D eigenvalue weighted by Gasteiger charge is 2.26. The van der Waals surface area contributed by atoms with Crippen LogP contribution in [0.2, 0.25) is 0 Å². The first-order valence-corrected chi connectivity index (χ1v) is 12.9. The first-order chi connectivity index (χ1) is 18.2. The van der Waals surface area contributed by atoms with Gasteiger partial charge in [0.25, 0.3) is 15.7 Å². The number of ether oxygens (including phenoxy) is 2. The van der Waals surface area contributed by atoms with Crippen molar-refractivity contribution in [2.75, 3.05) is 38.2 Å². The van der Waals surface area contributed by atoms with Gasteiger partial charge in [0.15, 0.2) is 17.3 Å². The van der Waals surface area contributed by atoms with E-state index in [1.807, 2.05) is 0 Å². The Morgan fingerprint density at radius 3 is 2.50 bits per heavy atom. The number of nitro groups is 1. The van der Waals surface area contributed by atoms with Gasteiger partial charge in [-0.25, -0.2) is 0 Å². The molecular formula is C23H27N7O7S. The molecule has 4 rings (SSSR count). The van der Waals surface area contributed by atoms with Crippen LogP contribution in [0.5, 0.6) is 0 Å². The zero-order chi connectivity index (χ0) is 27.5. The lowest BCUT2D eigenvalue weighted by Gasteiger charge is -2.29. The third-order valence-electron chi connectivity index (χ3n) is 4.99. The molecule has 3 aromatic rings. The number of amidine groups is 1. The summed E-state index contributed by atoms with van der Waals surface area (Å²) in [6, 6.07) is 13.7. The van der Waals surface area contributed by atoms with Crippen molar-refractivity contribution in [1.82, 2.24) is 20.3 Å². The minimum absolute atomic E-state index is 0.0439. The summed E-state index contributed by atoms with van der Waals surface area (Å²) in [6.45, 7) is 5.27. The molecule has 15 heteroatoms. The fourth-order valence-corrected chi connectivity index (χ4v) is 4.33. The molecule has 1 aromatic heterocycles. The average Bonchev–Trinajstić information content (AvgIpc) is 3.36. The molecule has 2 N–H and O–H groups in total. The highest BCUT2D eigenvalue weighted by Crippen LogP contribution is 2.24. The number of rotatable bonds is 7. The minimum Gasteiger partial charge on any atom is -0.466 e. The number of aromatic nitrogens is 3. The molecule has 38 heavy (non-hydrogen) atoms. The van der Waals surface area contributed by atoms with Gasteiger partial charge >= 0.3 is 5.97 Å². The molecule has 0 unspecified atom stereocenters. The van der Waals surface area contributed by atoms with E-state index >= 15 is 0 Å². The summed E-state index contributed by atoms with van der Waals surface area (Å²) in [6.07, 6.45) is 0. The number of H-pyrrole nitrogens is 1. The van der Waals surface area contributed by atoms with E-state index in [1.165, 1.54) is 37.3 Å². The number of benzene rings is 2. The number of morpholine rings is 1. The summed E-state index contributed by atoms with van der Waals surface area (Å²) in [5, 5.41) is 24.7. The van der Waals surface area contributed by atoms with Crippen LogP contribution in [0.3, 0.4) is 0 Å². The maximum atomic E-state index is 13.0. The molecule has 1 aliphatic heterocycles. The first-order valence-electron chi connectivity index (χ1n) is 11.5. The van der Waals surface area contributed by atoms with Crippen molar-refractivity contribution in [3.05, 3.63) is 70.4 Å². The lowest BCUT2D eigenvalue weighted by atomic mass is 10.2. The fourth-order valence-electron chi connectivity index (χ4n) is 3.30. The van der Waals surface area contributed by atoms with Crippen LogP contribution in [-0.2, 0) is 24.3 Å². The first kappa shape index (κ1) is 28.2. The van der Waals surface area contributed by atoms with Crippen molar-refractivity contribution < 1.29 is 27.6 Å². The number of hydrogen-bond acceptors (Lipinski definition) is 10. The van der Waals surface area contributed by atoms with Crippen molar-refractivity contribution >= 4 is 39.0 Å². The summed E-state index contributed by atoms with van der Waals surface area (Å²) in [5.74, 6) is 0.0651. The number of non-ortho nitro benzene ring substituents is 1. The zero-order valence-electron chi connectivity index (χ0n) is 20.7. The van der Waals surface area contributed by atoms with Crippen LogP contribution < -0.4 is 5.32 Å². The Labute approximate surface area is 218 Å². The number of nitrogens with one attached hydrogen (secondary N) is 2. The Balaban J connectivity index is 0.000000599. The number of anilines is 2. The van der Waals surface area contributed by atoms with Gasteiger partial charge in [-0.2, -0.15) is 18.7 Å². The maximum Gasteiger partial charge on any atom is 0.302 e. The van der Waals surface area contributed by atoms with Crippen LogP contribution in [0.25, 0.3) is 0 Å². The summed E-state index contributed by atoms with van der Waals surface area (Å²) >= 11 is 0. The van der Waals surface area contributed by atoms with Crippen LogP contribution in [0.1, 0.15) is 19.5 Å². The van der Waals surface area contributed by atoms with E-state index in [9.17, 15) is 23.3 Å². The molecule has 0 spiro atoms. The van der Waals surface area contributed by atoms with Gasteiger partial charge in [-0.1, -0.05) is 24.3 Å². The van der Waals surface area contributed by atoms with E-state index < -0.39 is 14.9 Å². The van der Waals surface area contributed by atoms with Crippen LogP contribution >= 0.6 is 0 Å². The van der Waals surface area contributed by atoms with E-state index in [-0.39, 0.29) is 33.9 Å². The number of esters is 1. The number of hydrogen-bond donors (Lipinski definition) is 2. The lowest BCUT2D eigenvalue weighted by molar-refractivity contribution is -0.384. The Morgan fingerprint density at radius 1 is 1.18 bits per heavy atom. The Bertz CT molecular complexity index is 1370. The average molecular weight is 546 g/mol. The molecule has 1 saturated heterocycles. The van der Waals surface area contributed by atoms with Gasteiger partial charge in [0.2, 0.25) is 0 Å². The molecule has 2 aromatic carbocycles. The number of sulfonamides is 1. The van der Waals surface area contributed by atoms with Gasteiger partial charge in [-0.05, 0) is 25.1 Å². The molecular weight excluding hydrogens is 518 g/mol. The molecule has 0 atom stereocenters. The van der Waals surface area contributed by atoms with E-state index in [2.05, 4.69) is 29.9 Å². The second kappa shape index (κ2) is 13.3. The van der Waals surface area contributed by atoms with E-state index in [0.717, 1.165) is 0 Å². The Hall–Kier alpha value is -4.37. The standard InChI is InChI=1S/C19H19N7O5S.C4H8O2/c27-26(28)15-6-4-5-14(13-15)20-18-17(21-24-22-18)19(25-9-11-31-12-10-25)23-32(29,30)16-7-2-1-3-8-16;1-3-6-4(2)5/h1-8,13H,9-12H2,(H2,20,21,22,24);3H2,1-2H3/b23-19+;. The smallest absolute Gasteiger partial charge is 0.302 e. The van der Waals surface area contributed by atoms with Crippen molar-refractivity contribution in [2.45, 2.75) is 18.7 Å². The summed E-state index contributed by atoms with van der Waals surface area (Å²) in [4.78, 5) is 22.2. The van der Waals surface area contributed by atoms with Crippen molar-refractivity contribution in [3.63, 3.8) is 0 Å². The third-order valence-corrected chi connectivity index (χ3v) is 6.27. The van der Waals surface area contributed by atoms with Crippen molar-refractivity contribution in [2.24, 2.45) is 4.40 Å². The normalized spacial score (nSPS) is 13.7. The third kappa shape index (κ3) is 7.81. The number of nitrogens with zero attached hydrogens (tertiary/aromatic N) is 5. The van der Waals surface area contributed by atoms with Gasteiger partial charge in [-0.3, -0.25) is 14.9 Å². The summed E-state index contributed by atoms with van der Waals surface area (Å²) < 4.78 is 39.8. The van der Waals surface area contributed by atoms with Gasteiger partial charge < -0.3 is 19.7 Å². The van der Waals surface area contributed by atoms with Gasteiger partial charge in [0.1, 0.15) is 0 Å². The van der Waals surface area contributed by atoms with Gasteiger partial charge in [-0.15, -0.1) is 9.50 Å². The van der Waals surface area contributed by atoms with Crippen LogP contribution in [0.15, 0.2) is 63.9 Å². The molecule has 0 aliphatic carbocycles. The number of aromatic amines is 1. The molecule has 1 aliphatic rings. The quantitative estimate of drug-likeness (QED) is 0.146. The molecule has 0 bridgehead atoms. The Kier molecular flexibility index (Phi) is 9.84. The lowest BCUT2D eigenvalue weighted by Crippen LogP contribution is -2.42. The van der Waals surface area contributed by atoms with Crippen LogP contribution in [-0.4, -0.2) is 78.4 Å². The maximum absolute atomic E-state index is 13.0. The number of carbonyl (C=O) groups excluding carboxylic acids is 1. The van der Waals surface area contributed by atoms with Crippen molar-refractivity contribution in [3.8, 4) is 0 Å². The van der Waals surface area contributed by atoms with Crippen molar-refractivity contribution in [1.29, 1.82) is 0 Å². The van der Waals surface area contributed by atoms with Gasteiger partial charge in [0.05, 0.1) is 29.6 Å². The summed E-state index contributed by atoms with van der Waals surface area (Å²) in [5.41, 5.74) is 0.452. The number of carbonyl (C=O) groups is 1. The largest absolute Gasteiger partial charge is 0.466 e. The van der Waals surface area contributed by atoms with E-state index in [0.29, 0.717) is 38.6 Å². The minimum atomic E-state index is -4.04. The molecule has 14 nitrogen and oxygen atoms in total. The molecule has 0 saturated carbocycles. The SMILES string of the molecule is CCOC(C)=O.O=[N+]([O-])c1cccc(Nc2n[nH]nc2/C(=N\S(=O)(=O)c2ccccc2)N2CCOCC2)c1. The molecule has 202 valence electrons. The second-order valence-electron chi connectivity index (χ2n) is 7.68. The predicted octanol–water partition coefficient (Wildman–Crippen LogP) is 2.49. The van der Waals surface area contributed by atoms with Crippen LogP contribution in [0, 0.1) is 10.1 Å².